The van der Waals surface area contributed by atoms with Crippen LogP contribution in [-0.2, 0) is 9.53 Å². The lowest BCUT2D eigenvalue weighted by atomic mass is 10.2. The van der Waals surface area contributed by atoms with Gasteiger partial charge in [-0.2, -0.15) is 0 Å². The Labute approximate surface area is 86.6 Å². The maximum atomic E-state index is 10.7. The fraction of sp³-hybridized carbons (Fsp3) is 0.875. The summed E-state index contributed by atoms with van der Waals surface area (Å²) in [6.07, 6.45) is 2.73. The summed E-state index contributed by atoms with van der Waals surface area (Å²) in [6.45, 7) is 2.09. The minimum atomic E-state index is -0.904. The van der Waals surface area contributed by atoms with Gasteiger partial charge in [-0.05, 0) is 6.42 Å². The van der Waals surface area contributed by atoms with E-state index in [0.29, 0.717) is 10.8 Å². The van der Waals surface area contributed by atoms with E-state index in [1.807, 2.05) is 22.6 Å². The summed E-state index contributed by atoms with van der Waals surface area (Å²) in [5.74, 6) is -0.348. The van der Waals surface area contributed by atoms with Gasteiger partial charge in [0, 0.05) is 6.42 Å². The van der Waals surface area contributed by atoms with Gasteiger partial charge in [-0.3, -0.25) is 4.79 Å². The highest BCUT2D eigenvalue weighted by Crippen LogP contribution is 2.04. The number of unbranched alkanes of at least 4 members (excludes halogenated alkanes) is 2. The first-order valence-corrected chi connectivity index (χ1v) is 5.66. The molecule has 0 saturated heterocycles. The van der Waals surface area contributed by atoms with Gasteiger partial charge in [0.05, 0.1) is 4.43 Å². The average molecular weight is 286 g/mol. The Morgan fingerprint density at radius 2 is 2.25 bits per heavy atom. The van der Waals surface area contributed by atoms with Crippen molar-refractivity contribution in [1.82, 2.24) is 0 Å². The molecule has 0 aliphatic heterocycles. The molecule has 3 nitrogen and oxygen atoms in total. The molecule has 0 fully saturated rings. The Bertz CT molecular complexity index is 127. The summed E-state index contributed by atoms with van der Waals surface area (Å²) in [5.41, 5.74) is 0. The minimum Gasteiger partial charge on any atom is -0.435 e. The molecule has 0 heterocycles. The van der Waals surface area contributed by atoms with Gasteiger partial charge in [-0.1, -0.05) is 42.4 Å². The van der Waals surface area contributed by atoms with Crippen LogP contribution in [-0.4, -0.2) is 21.8 Å². The molecule has 0 aliphatic carbocycles. The maximum Gasteiger partial charge on any atom is 0.318 e. The first kappa shape index (κ1) is 12.2. The Balaban J connectivity index is 3.32. The zero-order valence-electron chi connectivity index (χ0n) is 7.25. The first-order valence-electron chi connectivity index (χ1n) is 4.14. The number of carbonyl (C=O) groups is 1. The number of esters is 1. The number of aliphatic hydroxyl groups is 1. The molecule has 1 atom stereocenters. The lowest BCUT2D eigenvalue weighted by Gasteiger charge is -2.09. The highest BCUT2D eigenvalue weighted by molar-refractivity contribution is 14.1. The molecule has 12 heavy (non-hydrogen) atoms. The van der Waals surface area contributed by atoms with Gasteiger partial charge in [0.15, 0.2) is 0 Å². The molecule has 0 aliphatic rings. The fourth-order valence-electron chi connectivity index (χ4n) is 0.811. The van der Waals surface area contributed by atoms with Crippen LogP contribution in [0, 0.1) is 0 Å². The van der Waals surface area contributed by atoms with Crippen molar-refractivity contribution in [2.24, 2.45) is 0 Å². The van der Waals surface area contributed by atoms with E-state index in [2.05, 4.69) is 11.7 Å². The molecule has 0 aromatic carbocycles. The van der Waals surface area contributed by atoms with Crippen LogP contribution in [0.5, 0.6) is 0 Å². The summed E-state index contributed by atoms with van der Waals surface area (Å²) in [4.78, 5) is 10.7. The summed E-state index contributed by atoms with van der Waals surface area (Å²) in [5, 5.41) is 9.13. The van der Waals surface area contributed by atoms with Crippen LogP contribution in [0.15, 0.2) is 0 Å². The van der Waals surface area contributed by atoms with E-state index in [1.165, 1.54) is 0 Å². The lowest BCUT2D eigenvalue weighted by Crippen LogP contribution is -2.17. The summed E-state index contributed by atoms with van der Waals surface area (Å²) >= 11 is 1.91. The number of rotatable bonds is 6. The summed E-state index contributed by atoms with van der Waals surface area (Å²) < 4.78 is 4.95. The van der Waals surface area contributed by atoms with E-state index in [4.69, 9.17) is 5.11 Å². The quantitative estimate of drug-likeness (QED) is 0.266. The molecule has 0 aromatic rings. The van der Waals surface area contributed by atoms with E-state index in [1.54, 1.807) is 0 Å². The molecule has 0 aromatic heterocycles. The summed E-state index contributed by atoms with van der Waals surface area (Å²) in [6, 6.07) is 0. The van der Waals surface area contributed by atoms with Crippen LogP contribution in [0.4, 0.5) is 0 Å². The number of ether oxygens (including phenoxy) is 1. The highest BCUT2D eigenvalue weighted by atomic mass is 127. The minimum absolute atomic E-state index is 0.294. The number of alkyl halides is 1. The Morgan fingerprint density at radius 3 is 2.75 bits per heavy atom. The van der Waals surface area contributed by atoms with Gasteiger partial charge in [-0.15, -0.1) is 0 Å². The van der Waals surface area contributed by atoms with Crippen molar-refractivity contribution in [3.05, 3.63) is 0 Å². The second-order valence-electron chi connectivity index (χ2n) is 2.57. The van der Waals surface area contributed by atoms with Gasteiger partial charge < -0.3 is 9.84 Å². The SMILES string of the molecule is CCCCCC(O)OC(=O)CI. The van der Waals surface area contributed by atoms with Crippen LogP contribution in [0.2, 0.25) is 0 Å². The predicted octanol–water partition coefficient (Wildman–Crippen LogP) is 1.86. The smallest absolute Gasteiger partial charge is 0.318 e. The van der Waals surface area contributed by atoms with Crippen molar-refractivity contribution in [2.75, 3.05) is 4.43 Å². The van der Waals surface area contributed by atoms with Crippen molar-refractivity contribution in [2.45, 2.75) is 38.9 Å². The fourth-order valence-corrected chi connectivity index (χ4v) is 0.991. The van der Waals surface area contributed by atoms with Gasteiger partial charge in [-0.25, -0.2) is 0 Å². The van der Waals surface area contributed by atoms with E-state index in [-0.39, 0.29) is 5.97 Å². The van der Waals surface area contributed by atoms with Gasteiger partial charge in [0.1, 0.15) is 0 Å². The third kappa shape index (κ3) is 6.84. The van der Waals surface area contributed by atoms with Crippen molar-refractivity contribution >= 4 is 28.6 Å². The lowest BCUT2D eigenvalue weighted by molar-refractivity contribution is -0.165. The van der Waals surface area contributed by atoms with Crippen LogP contribution < -0.4 is 0 Å². The predicted molar refractivity (Wildman–Crippen MR) is 55.1 cm³/mol. The molecule has 4 heteroatoms. The van der Waals surface area contributed by atoms with Crippen molar-refractivity contribution < 1.29 is 14.6 Å². The zero-order chi connectivity index (χ0) is 9.40. The molecule has 1 N–H and O–H groups in total. The normalized spacial score (nSPS) is 12.6. The number of hydrogen-bond acceptors (Lipinski definition) is 3. The molecule has 0 radical (unpaired) electrons. The third-order valence-corrected chi connectivity index (χ3v) is 2.05. The first-order chi connectivity index (χ1) is 5.70. The monoisotopic (exact) mass is 286 g/mol. The van der Waals surface area contributed by atoms with Crippen LogP contribution in [0.25, 0.3) is 0 Å². The zero-order valence-corrected chi connectivity index (χ0v) is 9.41. The number of carbonyl (C=O) groups excluding carboxylic acids is 1. The largest absolute Gasteiger partial charge is 0.435 e. The second-order valence-corrected chi connectivity index (χ2v) is 3.34. The molecule has 0 amide bonds. The Morgan fingerprint density at radius 1 is 1.58 bits per heavy atom. The second kappa shape index (κ2) is 7.79. The molecular weight excluding hydrogens is 271 g/mol. The highest BCUT2D eigenvalue weighted by Gasteiger charge is 2.08. The van der Waals surface area contributed by atoms with E-state index >= 15 is 0 Å². The third-order valence-electron chi connectivity index (χ3n) is 1.43. The maximum absolute atomic E-state index is 10.7. The van der Waals surface area contributed by atoms with Crippen LogP contribution in [0.1, 0.15) is 32.6 Å². The van der Waals surface area contributed by atoms with Crippen molar-refractivity contribution in [3.63, 3.8) is 0 Å². The molecular formula is C8H15IO3. The van der Waals surface area contributed by atoms with E-state index in [9.17, 15) is 4.79 Å². The summed E-state index contributed by atoms with van der Waals surface area (Å²) in [7, 11) is 0. The molecule has 1 unspecified atom stereocenters. The molecule has 72 valence electrons. The van der Waals surface area contributed by atoms with E-state index < -0.39 is 6.29 Å². The van der Waals surface area contributed by atoms with Crippen LogP contribution >= 0.6 is 22.6 Å². The average Bonchev–Trinajstić information content (AvgIpc) is 2.05. The Hall–Kier alpha value is 0.160. The molecule has 0 rings (SSSR count). The number of halogens is 1. The van der Waals surface area contributed by atoms with Gasteiger partial charge >= 0.3 is 5.97 Å². The van der Waals surface area contributed by atoms with Gasteiger partial charge in [0.25, 0.3) is 0 Å². The van der Waals surface area contributed by atoms with Crippen molar-refractivity contribution in [1.29, 1.82) is 0 Å². The van der Waals surface area contributed by atoms with E-state index in [0.717, 1.165) is 19.3 Å². The Kier molecular flexibility index (Phi) is 7.89. The molecule has 0 saturated carbocycles. The number of hydrogen-bond donors (Lipinski definition) is 1. The van der Waals surface area contributed by atoms with Crippen LogP contribution in [0.3, 0.4) is 0 Å². The standard InChI is InChI=1S/C8H15IO3/c1-2-3-4-5-7(10)12-8(11)6-9/h7,10H,2-6H2,1H3. The number of aliphatic hydroxyl groups excluding tert-OH is 1. The van der Waals surface area contributed by atoms with Crippen molar-refractivity contribution in [3.8, 4) is 0 Å². The molecule has 0 bridgehead atoms. The topological polar surface area (TPSA) is 46.5 Å². The molecule has 0 spiro atoms. The van der Waals surface area contributed by atoms with Gasteiger partial charge in [0.2, 0.25) is 6.29 Å².